The lowest BCUT2D eigenvalue weighted by Gasteiger charge is -2.21. The predicted octanol–water partition coefficient (Wildman–Crippen LogP) is 3.00. The molecule has 0 aliphatic carbocycles. The minimum atomic E-state index is -0.345. The van der Waals surface area contributed by atoms with Crippen LogP contribution in [0.15, 0.2) is 24.3 Å². The number of benzene rings is 1. The van der Waals surface area contributed by atoms with Gasteiger partial charge >= 0.3 is 0 Å². The first-order valence-corrected chi connectivity index (χ1v) is 3.92. The molecule has 0 aromatic heterocycles. The zero-order valence-electron chi connectivity index (χ0n) is 7.60. The van der Waals surface area contributed by atoms with Crippen molar-refractivity contribution in [3.63, 3.8) is 0 Å². The van der Waals surface area contributed by atoms with Crippen LogP contribution in [-0.4, -0.2) is 5.60 Å². The van der Waals surface area contributed by atoms with Crippen molar-refractivity contribution in [2.75, 3.05) is 0 Å². The van der Waals surface area contributed by atoms with Crippen molar-refractivity contribution < 1.29 is 9.13 Å². The Balaban J connectivity index is 2.83. The molecule has 0 amide bonds. The van der Waals surface area contributed by atoms with Gasteiger partial charge in [-0.15, -0.1) is 0 Å². The number of hydrogen-bond donors (Lipinski definition) is 0. The Kier molecular flexibility index (Phi) is 2.36. The molecule has 0 N–H and O–H groups in total. The summed E-state index contributed by atoms with van der Waals surface area (Å²) in [5, 5.41) is 0. The molecule has 0 saturated heterocycles. The van der Waals surface area contributed by atoms with Gasteiger partial charge in [0.15, 0.2) is 11.6 Å². The molecular weight excluding hydrogens is 155 g/mol. The van der Waals surface area contributed by atoms with Gasteiger partial charge in [0.05, 0.1) is 0 Å². The fourth-order valence-corrected chi connectivity index (χ4v) is 0.857. The van der Waals surface area contributed by atoms with Gasteiger partial charge in [-0.05, 0) is 32.9 Å². The molecule has 1 aromatic rings. The van der Waals surface area contributed by atoms with Crippen LogP contribution in [0.3, 0.4) is 0 Å². The number of rotatable bonds is 1. The smallest absolute Gasteiger partial charge is 0.165 e. The third-order valence-corrected chi connectivity index (χ3v) is 1.25. The molecule has 0 bridgehead atoms. The van der Waals surface area contributed by atoms with Crippen LogP contribution in [0.1, 0.15) is 20.8 Å². The summed E-state index contributed by atoms with van der Waals surface area (Å²) in [5.41, 5.74) is -0.345. The Morgan fingerprint density at radius 2 is 1.75 bits per heavy atom. The predicted molar refractivity (Wildman–Crippen MR) is 46.8 cm³/mol. The van der Waals surface area contributed by atoms with E-state index in [-0.39, 0.29) is 11.4 Å². The molecular formula is C10H13FO. The quantitative estimate of drug-likeness (QED) is 0.626. The second kappa shape index (κ2) is 3.13. The molecule has 66 valence electrons. The van der Waals surface area contributed by atoms with Crippen LogP contribution in [0.2, 0.25) is 0 Å². The molecule has 0 spiro atoms. The zero-order chi connectivity index (χ0) is 9.19. The van der Waals surface area contributed by atoms with Crippen LogP contribution in [0, 0.1) is 5.82 Å². The normalized spacial score (nSPS) is 11.3. The topological polar surface area (TPSA) is 9.23 Å². The highest BCUT2D eigenvalue weighted by atomic mass is 19.1. The summed E-state index contributed by atoms with van der Waals surface area (Å²) < 4.78 is 18.4. The molecule has 12 heavy (non-hydrogen) atoms. The fraction of sp³-hybridized carbons (Fsp3) is 0.400. The second-order valence-corrected chi connectivity index (χ2v) is 3.64. The molecule has 2 heteroatoms. The van der Waals surface area contributed by atoms with Crippen LogP contribution in [-0.2, 0) is 0 Å². The van der Waals surface area contributed by atoms with E-state index < -0.39 is 0 Å². The molecule has 0 fully saturated rings. The summed E-state index contributed by atoms with van der Waals surface area (Å²) in [6.45, 7) is 5.66. The van der Waals surface area contributed by atoms with Crippen molar-refractivity contribution in [1.29, 1.82) is 0 Å². The molecule has 0 heterocycles. The molecule has 0 saturated carbocycles. The lowest BCUT2D eigenvalue weighted by molar-refractivity contribution is 0.124. The second-order valence-electron chi connectivity index (χ2n) is 3.64. The zero-order valence-corrected chi connectivity index (χ0v) is 7.60. The summed E-state index contributed by atoms with van der Waals surface area (Å²) in [6.07, 6.45) is 0. The van der Waals surface area contributed by atoms with Gasteiger partial charge in [-0.1, -0.05) is 12.1 Å². The number of ether oxygens (including phenoxy) is 1. The van der Waals surface area contributed by atoms with Crippen LogP contribution in [0.5, 0.6) is 5.75 Å². The maximum absolute atomic E-state index is 13.0. The van der Waals surface area contributed by atoms with Crippen LogP contribution < -0.4 is 4.74 Å². The van der Waals surface area contributed by atoms with Gasteiger partial charge in [0, 0.05) is 0 Å². The Labute approximate surface area is 72.2 Å². The van der Waals surface area contributed by atoms with Gasteiger partial charge in [-0.3, -0.25) is 0 Å². The van der Waals surface area contributed by atoms with Crippen LogP contribution in [0.4, 0.5) is 4.39 Å². The standard InChI is InChI=1S/C10H13FO/c1-10(2,3)12-9-7-5-4-6-8(9)11/h4-7H,1-3H3. The van der Waals surface area contributed by atoms with E-state index in [0.29, 0.717) is 5.75 Å². The van der Waals surface area contributed by atoms with Crippen molar-refractivity contribution in [1.82, 2.24) is 0 Å². The lowest BCUT2D eigenvalue weighted by Crippen LogP contribution is -2.23. The Morgan fingerprint density at radius 1 is 1.17 bits per heavy atom. The van der Waals surface area contributed by atoms with E-state index in [1.807, 2.05) is 20.8 Å². The molecule has 0 radical (unpaired) electrons. The monoisotopic (exact) mass is 168 g/mol. The highest BCUT2D eigenvalue weighted by Crippen LogP contribution is 2.20. The lowest BCUT2D eigenvalue weighted by atomic mass is 10.2. The summed E-state index contributed by atoms with van der Waals surface area (Å²) in [6, 6.07) is 6.41. The van der Waals surface area contributed by atoms with Crippen molar-refractivity contribution in [3.8, 4) is 5.75 Å². The molecule has 0 aliphatic rings. The Morgan fingerprint density at radius 3 is 2.25 bits per heavy atom. The van der Waals surface area contributed by atoms with Crippen molar-refractivity contribution in [3.05, 3.63) is 30.1 Å². The molecule has 0 unspecified atom stereocenters. The molecule has 1 aromatic carbocycles. The van der Waals surface area contributed by atoms with Crippen molar-refractivity contribution in [2.45, 2.75) is 26.4 Å². The maximum atomic E-state index is 13.0. The van der Waals surface area contributed by atoms with E-state index in [0.717, 1.165) is 0 Å². The van der Waals surface area contributed by atoms with Gasteiger partial charge in [0.2, 0.25) is 0 Å². The first-order chi connectivity index (χ1) is 5.49. The van der Waals surface area contributed by atoms with Gasteiger partial charge in [-0.25, -0.2) is 4.39 Å². The highest BCUT2D eigenvalue weighted by Gasteiger charge is 2.13. The highest BCUT2D eigenvalue weighted by molar-refractivity contribution is 5.24. The Hall–Kier alpha value is -1.05. The van der Waals surface area contributed by atoms with Gasteiger partial charge < -0.3 is 4.74 Å². The maximum Gasteiger partial charge on any atom is 0.165 e. The Bertz CT molecular complexity index is 263. The summed E-state index contributed by atoms with van der Waals surface area (Å²) in [7, 11) is 0. The number of para-hydroxylation sites is 1. The fourth-order valence-electron chi connectivity index (χ4n) is 0.857. The van der Waals surface area contributed by atoms with Crippen LogP contribution >= 0.6 is 0 Å². The van der Waals surface area contributed by atoms with E-state index in [1.165, 1.54) is 6.07 Å². The first-order valence-electron chi connectivity index (χ1n) is 3.92. The molecule has 0 aliphatic heterocycles. The average molecular weight is 168 g/mol. The summed E-state index contributed by atoms with van der Waals surface area (Å²) in [5.74, 6) is -0.00238. The largest absolute Gasteiger partial charge is 0.485 e. The van der Waals surface area contributed by atoms with Crippen LogP contribution in [0.25, 0.3) is 0 Å². The third kappa shape index (κ3) is 2.53. The van der Waals surface area contributed by atoms with E-state index in [9.17, 15) is 4.39 Å². The first kappa shape index (κ1) is 9.04. The summed E-state index contributed by atoms with van der Waals surface area (Å²) >= 11 is 0. The van der Waals surface area contributed by atoms with E-state index in [1.54, 1.807) is 18.2 Å². The van der Waals surface area contributed by atoms with E-state index in [2.05, 4.69) is 0 Å². The van der Waals surface area contributed by atoms with E-state index in [4.69, 9.17) is 4.74 Å². The minimum Gasteiger partial charge on any atom is -0.485 e. The third-order valence-electron chi connectivity index (χ3n) is 1.25. The SMILES string of the molecule is CC(C)(C)Oc1ccccc1F. The number of halogens is 1. The minimum absolute atomic E-state index is 0.310. The van der Waals surface area contributed by atoms with Crippen molar-refractivity contribution >= 4 is 0 Å². The molecule has 1 rings (SSSR count). The number of hydrogen-bond acceptors (Lipinski definition) is 1. The summed E-state index contributed by atoms with van der Waals surface area (Å²) in [4.78, 5) is 0. The van der Waals surface area contributed by atoms with Gasteiger partial charge in [0.25, 0.3) is 0 Å². The van der Waals surface area contributed by atoms with E-state index >= 15 is 0 Å². The molecule has 0 atom stereocenters. The van der Waals surface area contributed by atoms with Gasteiger partial charge in [-0.2, -0.15) is 0 Å². The van der Waals surface area contributed by atoms with Crippen molar-refractivity contribution in [2.24, 2.45) is 0 Å². The average Bonchev–Trinajstić information content (AvgIpc) is 1.91. The molecule has 1 nitrogen and oxygen atoms in total. The van der Waals surface area contributed by atoms with Gasteiger partial charge in [0.1, 0.15) is 5.60 Å².